The Morgan fingerprint density at radius 1 is 1.25 bits per heavy atom. The molecule has 0 aliphatic rings. The third kappa shape index (κ3) is 6.30. The summed E-state index contributed by atoms with van der Waals surface area (Å²) in [5, 5.41) is 2.27. The maximum Gasteiger partial charge on any atom is 0.408 e. The van der Waals surface area contributed by atoms with Gasteiger partial charge in [0.05, 0.1) is 4.90 Å². The smallest absolute Gasteiger partial charge is 0.408 e. The summed E-state index contributed by atoms with van der Waals surface area (Å²) in [7, 11) is -4.05. The fourth-order valence-electron chi connectivity index (χ4n) is 1.64. The van der Waals surface area contributed by atoms with E-state index in [9.17, 15) is 18.0 Å². The van der Waals surface area contributed by atoms with Crippen molar-refractivity contribution in [1.82, 2.24) is 10.0 Å². The van der Waals surface area contributed by atoms with E-state index in [1.165, 1.54) is 24.3 Å². The predicted molar refractivity (Wildman–Crippen MR) is 88.4 cm³/mol. The van der Waals surface area contributed by atoms with E-state index in [1.54, 1.807) is 26.8 Å². The summed E-state index contributed by atoms with van der Waals surface area (Å²) in [5.74, 6) is 1.27. The summed E-state index contributed by atoms with van der Waals surface area (Å²) in [5.41, 5.74) is -0.767. The second-order valence-electron chi connectivity index (χ2n) is 5.89. The van der Waals surface area contributed by atoms with Crippen LogP contribution in [0.15, 0.2) is 35.2 Å². The van der Waals surface area contributed by atoms with Crippen LogP contribution in [0.3, 0.4) is 0 Å². The predicted octanol–water partition coefficient (Wildman–Crippen LogP) is 1.41. The number of alkyl carbamates (subject to hydrolysis) is 1. The normalized spacial score (nSPS) is 12.6. The average molecular weight is 352 g/mol. The van der Waals surface area contributed by atoms with Gasteiger partial charge in [-0.05, 0) is 32.9 Å². The van der Waals surface area contributed by atoms with Crippen molar-refractivity contribution in [2.75, 3.05) is 0 Å². The van der Waals surface area contributed by atoms with Gasteiger partial charge in [-0.2, -0.15) is 0 Å². The summed E-state index contributed by atoms with van der Waals surface area (Å²) in [6, 6.07) is 6.14. The molecule has 1 aromatic carbocycles. The molecule has 1 aromatic rings. The molecule has 2 N–H and O–H groups in total. The Hall–Kier alpha value is -2.53. The Labute approximate surface area is 141 Å². The van der Waals surface area contributed by atoms with Gasteiger partial charge >= 0.3 is 6.09 Å². The number of carbonyl (C=O) groups is 2. The maximum absolute atomic E-state index is 12.2. The van der Waals surface area contributed by atoms with E-state index < -0.39 is 33.7 Å². The van der Waals surface area contributed by atoms with Crippen LogP contribution < -0.4 is 10.0 Å². The molecule has 1 atom stereocenters. The zero-order valence-corrected chi connectivity index (χ0v) is 14.5. The van der Waals surface area contributed by atoms with Crippen LogP contribution in [0, 0.1) is 12.3 Å². The molecule has 7 nitrogen and oxygen atoms in total. The zero-order valence-electron chi connectivity index (χ0n) is 13.7. The van der Waals surface area contributed by atoms with E-state index in [0.29, 0.717) is 0 Å². The van der Waals surface area contributed by atoms with Gasteiger partial charge in [0.1, 0.15) is 11.6 Å². The molecular weight excluding hydrogens is 332 g/mol. The highest BCUT2D eigenvalue weighted by Crippen LogP contribution is 2.09. The summed E-state index contributed by atoms with van der Waals surface area (Å²) in [6.45, 7) is 4.97. The fraction of sp³-hybridized carbons (Fsp3) is 0.375. The molecule has 0 aromatic heterocycles. The van der Waals surface area contributed by atoms with Gasteiger partial charge in [-0.25, -0.2) is 17.9 Å². The number of sulfonamides is 1. The molecule has 0 heterocycles. The van der Waals surface area contributed by atoms with E-state index >= 15 is 0 Å². The van der Waals surface area contributed by atoms with Crippen molar-refractivity contribution in [1.29, 1.82) is 0 Å². The van der Waals surface area contributed by atoms with E-state index in [2.05, 4.69) is 11.2 Å². The first kappa shape index (κ1) is 19.5. The molecule has 0 saturated heterocycles. The number of rotatable bonds is 5. The van der Waals surface area contributed by atoms with E-state index in [1.807, 2.05) is 4.72 Å². The van der Waals surface area contributed by atoms with Crippen molar-refractivity contribution in [2.24, 2.45) is 0 Å². The van der Waals surface area contributed by atoms with Crippen LogP contribution in [-0.2, 0) is 19.6 Å². The largest absolute Gasteiger partial charge is 0.444 e. The number of hydrogen-bond acceptors (Lipinski definition) is 5. The molecule has 0 radical (unpaired) electrons. The van der Waals surface area contributed by atoms with Crippen LogP contribution in [0.2, 0.25) is 0 Å². The summed E-state index contributed by atoms with van der Waals surface area (Å²) in [6.07, 6.45) is 4.12. The number of nitrogens with one attached hydrogen (secondary N) is 2. The van der Waals surface area contributed by atoms with E-state index in [0.717, 1.165) is 0 Å². The average Bonchev–Trinajstić information content (AvgIpc) is 2.45. The van der Waals surface area contributed by atoms with Crippen LogP contribution in [0.4, 0.5) is 4.79 Å². The lowest BCUT2D eigenvalue weighted by Crippen LogP contribution is -2.49. The maximum atomic E-state index is 12.2. The molecule has 0 spiro atoms. The number of amides is 2. The monoisotopic (exact) mass is 352 g/mol. The van der Waals surface area contributed by atoms with Crippen molar-refractivity contribution >= 4 is 22.0 Å². The Morgan fingerprint density at radius 2 is 1.83 bits per heavy atom. The van der Waals surface area contributed by atoms with Gasteiger partial charge in [-0.1, -0.05) is 18.2 Å². The van der Waals surface area contributed by atoms with Gasteiger partial charge in [0, 0.05) is 6.42 Å². The Bertz CT molecular complexity index is 730. The first-order valence-corrected chi connectivity index (χ1v) is 8.58. The molecule has 130 valence electrons. The molecule has 0 fully saturated rings. The van der Waals surface area contributed by atoms with Gasteiger partial charge in [-0.15, -0.1) is 12.3 Å². The quantitative estimate of drug-likeness (QED) is 0.780. The number of ether oxygens (including phenoxy) is 1. The lowest BCUT2D eigenvalue weighted by atomic mass is 10.2. The SMILES string of the molecule is C#CCC(NC(=O)OC(C)(C)C)C(=O)NS(=O)(=O)c1ccccc1. The lowest BCUT2D eigenvalue weighted by molar-refractivity contribution is -0.121. The fourth-order valence-corrected chi connectivity index (χ4v) is 2.68. The molecule has 2 amide bonds. The molecule has 24 heavy (non-hydrogen) atoms. The first-order chi connectivity index (χ1) is 11.0. The van der Waals surface area contributed by atoms with Crippen molar-refractivity contribution in [3.63, 3.8) is 0 Å². The van der Waals surface area contributed by atoms with Crippen LogP contribution >= 0.6 is 0 Å². The van der Waals surface area contributed by atoms with Crippen LogP contribution in [0.5, 0.6) is 0 Å². The van der Waals surface area contributed by atoms with Gasteiger partial charge in [0.25, 0.3) is 15.9 Å². The number of hydrogen-bond donors (Lipinski definition) is 2. The highest BCUT2D eigenvalue weighted by molar-refractivity contribution is 7.90. The topological polar surface area (TPSA) is 102 Å². The molecule has 0 aliphatic carbocycles. The molecule has 0 aliphatic heterocycles. The number of carbonyl (C=O) groups excluding carboxylic acids is 2. The molecule has 0 saturated carbocycles. The van der Waals surface area contributed by atoms with Crippen LogP contribution in [0.1, 0.15) is 27.2 Å². The molecule has 0 bridgehead atoms. The van der Waals surface area contributed by atoms with Crippen molar-refractivity contribution < 1.29 is 22.7 Å². The number of benzene rings is 1. The third-order valence-electron chi connectivity index (χ3n) is 2.62. The van der Waals surface area contributed by atoms with Gasteiger partial charge in [0.15, 0.2) is 0 Å². The van der Waals surface area contributed by atoms with E-state index in [4.69, 9.17) is 11.2 Å². The van der Waals surface area contributed by atoms with Crippen molar-refractivity contribution in [3.05, 3.63) is 30.3 Å². The van der Waals surface area contributed by atoms with Crippen molar-refractivity contribution in [3.8, 4) is 12.3 Å². The second-order valence-corrected chi connectivity index (χ2v) is 7.57. The zero-order chi connectivity index (χ0) is 18.4. The van der Waals surface area contributed by atoms with E-state index in [-0.39, 0.29) is 11.3 Å². The number of terminal acetylenes is 1. The summed E-state index contributed by atoms with van der Waals surface area (Å²) < 4.78 is 31.2. The van der Waals surface area contributed by atoms with Gasteiger partial charge in [-0.3, -0.25) is 4.79 Å². The van der Waals surface area contributed by atoms with Crippen LogP contribution in [0.25, 0.3) is 0 Å². The molecular formula is C16H20N2O5S. The molecule has 1 rings (SSSR count). The highest BCUT2D eigenvalue weighted by atomic mass is 32.2. The molecule has 8 heteroatoms. The minimum Gasteiger partial charge on any atom is -0.444 e. The second kappa shape index (κ2) is 7.84. The van der Waals surface area contributed by atoms with Gasteiger partial charge in [0.2, 0.25) is 0 Å². The minimum atomic E-state index is -4.05. The Kier molecular flexibility index (Phi) is 6.37. The Balaban J connectivity index is 2.84. The minimum absolute atomic E-state index is 0.0740. The lowest BCUT2D eigenvalue weighted by Gasteiger charge is -2.22. The standard InChI is InChI=1S/C16H20N2O5S/c1-5-9-13(17-15(20)23-16(2,3)4)14(19)18-24(21,22)12-10-7-6-8-11-12/h1,6-8,10-11,13H,9H2,2-4H3,(H,17,20)(H,18,19). The summed E-state index contributed by atoms with van der Waals surface area (Å²) in [4.78, 5) is 23.8. The first-order valence-electron chi connectivity index (χ1n) is 7.10. The summed E-state index contributed by atoms with van der Waals surface area (Å²) >= 11 is 0. The van der Waals surface area contributed by atoms with Crippen molar-refractivity contribution in [2.45, 2.75) is 43.7 Å². The highest BCUT2D eigenvalue weighted by Gasteiger charge is 2.27. The van der Waals surface area contributed by atoms with Crippen LogP contribution in [-0.4, -0.2) is 32.1 Å². The Morgan fingerprint density at radius 3 is 2.33 bits per heavy atom. The molecule has 1 unspecified atom stereocenters. The van der Waals surface area contributed by atoms with Gasteiger partial charge < -0.3 is 10.1 Å². The third-order valence-corrected chi connectivity index (χ3v) is 3.98.